The zero-order valence-corrected chi connectivity index (χ0v) is 15.7. The highest BCUT2D eigenvalue weighted by molar-refractivity contribution is 14.1. The Kier molecular flexibility index (Phi) is 3.22. The third kappa shape index (κ3) is 2.22. The van der Waals surface area contributed by atoms with Crippen LogP contribution in [-0.2, 0) is 11.3 Å². The molecule has 9 heteroatoms. The molecule has 0 bridgehead atoms. The molecule has 2 aliphatic heterocycles. The summed E-state index contributed by atoms with van der Waals surface area (Å²) in [7, 11) is 0. The molecule has 126 valence electrons. The fraction of sp³-hybridized carbons (Fsp3) is 0.250. The van der Waals surface area contributed by atoms with Crippen LogP contribution in [0.4, 0.5) is 0 Å². The van der Waals surface area contributed by atoms with Gasteiger partial charge in [0.15, 0.2) is 0 Å². The van der Waals surface area contributed by atoms with Gasteiger partial charge < -0.3 is 4.84 Å². The zero-order chi connectivity index (χ0) is 17.1. The number of halogens is 1. The van der Waals surface area contributed by atoms with Crippen molar-refractivity contribution >= 4 is 28.5 Å². The summed E-state index contributed by atoms with van der Waals surface area (Å²) in [6, 6.07) is 6.26. The number of hydrogen-bond acceptors (Lipinski definition) is 6. The van der Waals surface area contributed by atoms with Crippen LogP contribution >= 0.6 is 22.6 Å². The minimum atomic E-state index is -0.0825. The molecule has 0 saturated carbocycles. The molecule has 25 heavy (non-hydrogen) atoms. The summed E-state index contributed by atoms with van der Waals surface area (Å²) < 4.78 is 5.15. The smallest absolute Gasteiger partial charge is 0.262 e. The number of aromatic nitrogens is 5. The van der Waals surface area contributed by atoms with Gasteiger partial charge in [-0.05, 0) is 54.6 Å². The highest BCUT2D eigenvalue weighted by Gasteiger charge is 2.29. The van der Waals surface area contributed by atoms with Crippen LogP contribution in [0, 0.1) is 10.5 Å². The van der Waals surface area contributed by atoms with Crippen LogP contribution in [-0.4, -0.2) is 36.6 Å². The van der Waals surface area contributed by atoms with Crippen molar-refractivity contribution in [1.29, 1.82) is 0 Å². The number of rotatable bonds is 1. The zero-order valence-electron chi connectivity index (χ0n) is 13.6. The SMILES string of the molecule is Cc1nnn2c1Cc1c(C3=NC(C)NO3)ncn1-c1ccc(I)cc1-2. The first-order chi connectivity index (χ1) is 12.1. The van der Waals surface area contributed by atoms with E-state index in [1.165, 1.54) is 0 Å². The monoisotopic (exact) mass is 447 g/mol. The predicted octanol–water partition coefficient (Wildman–Crippen LogP) is 1.90. The van der Waals surface area contributed by atoms with E-state index in [1.54, 1.807) is 0 Å². The van der Waals surface area contributed by atoms with Crippen molar-refractivity contribution in [1.82, 2.24) is 30.0 Å². The summed E-state index contributed by atoms with van der Waals surface area (Å²) in [5.41, 5.74) is 8.57. The van der Waals surface area contributed by atoms with E-state index in [9.17, 15) is 0 Å². The molecule has 0 aliphatic carbocycles. The lowest BCUT2D eigenvalue weighted by molar-refractivity contribution is 0.185. The molecule has 0 radical (unpaired) electrons. The van der Waals surface area contributed by atoms with Crippen molar-refractivity contribution in [2.24, 2.45) is 4.99 Å². The topological polar surface area (TPSA) is 82.2 Å². The number of benzene rings is 1. The number of nitrogens with zero attached hydrogens (tertiary/aromatic N) is 6. The Balaban J connectivity index is 1.79. The van der Waals surface area contributed by atoms with Crippen molar-refractivity contribution in [2.75, 3.05) is 0 Å². The minimum absolute atomic E-state index is 0.0825. The van der Waals surface area contributed by atoms with Gasteiger partial charge in [0.25, 0.3) is 5.90 Å². The molecule has 0 amide bonds. The summed E-state index contributed by atoms with van der Waals surface area (Å²) in [6.07, 6.45) is 2.39. The second kappa shape index (κ2) is 5.36. The van der Waals surface area contributed by atoms with Crippen LogP contribution in [0.5, 0.6) is 0 Å². The molecule has 5 rings (SSSR count). The summed E-state index contributed by atoms with van der Waals surface area (Å²) in [6.45, 7) is 3.91. The van der Waals surface area contributed by atoms with E-state index >= 15 is 0 Å². The van der Waals surface area contributed by atoms with E-state index in [1.807, 2.05) is 24.9 Å². The molecule has 2 aromatic heterocycles. The maximum absolute atomic E-state index is 5.51. The lowest BCUT2D eigenvalue weighted by atomic mass is 10.1. The van der Waals surface area contributed by atoms with E-state index < -0.39 is 0 Å². The van der Waals surface area contributed by atoms with Gasteiger partial charge in [-0.2, -0.15) is 0 Å². The molecule has 8 nitrogen and oxygen atoms in total. The molecule has 2 aliphatic rings. The van der Waals surface area contributed by atoms with Crippen molar-refractivity contribution in [3.8, 4) is 11.4 Å². The van der Waals surface area contributed by atoms with E-state index in [2.05, 4.69) is 71.1 Å². The van der Waals surface area contributed by atoms with Crippen molar-refractivity contribution < 1.29 is 4.84 Å². The third-order valence-corrected chi connectivity index (χ3v) is 5.09. The normalized spacial score (nSPS) is 18.0. The molecule has 0 spiro atoms. The van der Waals surface area contributed by atoms with Crippen LogP contribution in [0.1, 0.15) is 29.7 Å². The quantitative estimate of drug-likeness (QED) is 0.451. The molecular formula is C16H14IN7O. The number of fused-ring (bicyclic) bond motifs is 5. The number of hydroxylamine groups is 1. The van der Waals surface area contributed by atoms with Gasteiger partial charge in [0.05, 0.1) is 28.5 Å². The van der Waals surface area contributed by atoms with Gasteiger partial charge in [-0.3, -0.25) is 4.57 Å². The first-order valence-electron chi connectivity index (χ1n) is 7.90. The number of aryl methyl sites for hydroxylation is 1. The first-order valence-corrected chi connectivity index (χ1v) is 8.98. The number of aliphatic imine (C=N–C) groups is 1. The largest absolute Gasteiger partial charge is 0.384 e. The standard InChI is InChI=1S/C16H14IN7O/c1-8-12-6-14-15(16-19-9(2)21-25-16)18-7-23(14)11-4-3-10(17)5-13(11)24(12)22-20-8/h3-5,7,9,21H,6H2,1-2H3. The molecule has 0 saturated heterocycles. The van der Waals surface area contributed by atoms with Crippen molar-refractivity contribution in [2.45, 2.75) is 26.4 Å². The summed E-state index contributed by atoms with van der Waals surface area (Å²) in [5.74, 6) is 0.520. The average molecular weight is 447 g/mol. The molecule has 1 N–H and O–H groups in total. The Labute approximate surface area is 157 Å². The Morgan fingerprint density at radius 2 is 2.16 bits per heavy atom. The maximum atomic E-state index is 5.51. The van der Waals surface area contributed by atoms with Gasteiger partial charge >= 0.3 is 0 Å². The van der Waals surface area contributed by atoms with E-state index in [-0.39, 0.29) is 6.17 Å². The third-order valence-electron chi connectivity index (χ3n) is 4.42. The summed E-state index contributed by atoms with van der Waals surface area (Å²) in [4.78, 5) is 14.6. The summed E-state index contributed by atoms with van der Waals surface area (Å²) >= 11 is 2.31. The lowest BCUT2D eigenvalue weighted by Gasteiger charge is -2.10. The van der Waals surface area contributed by atoms with Gasteiger partial charge in [0.2, 0.25) is 0 Å². The van der Waals surface area contributed by atoms with Crippen LogP contribution in [0.3, 0.4) is 0 Å². The number of nitrogens with one attached hydrogen (secondary N) is 1. The maximum Gasteiger partial charge on any atom is 0.262 e. The fourth-order valence-corrected chi connectivity index (χ4v) is 3.68. The van der Waals surface area contributed by atoms with Crippen molar-refractivity contribution in [3.05, 3.63) is 50.9 Å². The van der Waals surface area contributed by atoms with Gasteiger partial charge in [0.1, 0.15) is 18.2 Å². The van der Waals surface area contributed by atoms with Crippen molar-refractivity contribution in [3.63, 3.8) is 0 Å². The van der Waals surface area contributed by atoms with Gasteiger partial charge in [-0.25, -0.2) is 14.7 Å². The van der Waals surface area contributed by atoms with Gasteiger partial charge in [-0.15, -0.1) is 10.6 Å². The highest BCUT2D eigenvalue weighted by atomic mass is 127. The van der Waals surface area contributed by atoms with Crippen LogP contribution in [0.15, 0.2) is 29.5 Å². The Hall–Kier alpha value is -2.27. The molecule has 1 aromatic carbocycles. The highest BCUT2D eigenvalue weighted by Crippen LogP contribution is 2.31. The molecule has 0 fully saturated rings. The molecule has 1 atom stereocenters. The Morgan fingerprint density at radius 1 is 1.28 bits per heavy atom. The van der Waals surface area contributed by atoms with Gasteiger partial charge in [-0.1, -0.05) is 5.21 Å². The first kappa shape index (κ1) is 15.0. The second-order valence-corrected chi connectivity index (χ2v) is 7.33. The molecule has 4 heterocycles. The number of imidazole rings is 1. The van der Waals surface area contributed by atoms with E-state index in [0.717, 1.165) is 37.7 Å². The van der Waals surface area contributed by atoms with Crippen LogP contribution in [0.2, 0.25) is 0 Å². The van der Waals surface area contributed by atoms with Crippen LogP contribution in [0.25, 0.3) is 11.4 Å². The molecule has 3 aromatic rings. The van der Waals surface area contributed by atoms with Gasteiger partial charge in [0, 0.05) is 9.99 Å². The molecular weight excluding hydrogens is 433 g/mol. The predicted molar refractivity (Wildman–Crippen MR) is 99.0 cm³/mol. The number of hydrogen-bond donors (Lipinski definition) is 1. The van der Waals surface area contributed by atoms with Crippen LogP contribution < -0.4 is 5.48 Å². The molecule has 1 unspecified atom stereocenters. The average Bonchev–Trinajstić information content (AvgIpc) is 3.26. The van der Waals surface area contributed by atoms with E-state index in [0.29, 0.717) is 12.3 Å². The minimum Gasteiger partial charge on any atom is -0.384 e. The summed E-state index contributed by atoms with van der Waals surface area (Å²) in [5, 5.41) is 8.63. The Morgan fingerprint density at radius 3 is 2.96 bits per heavy atom. The van der Waals surface area contributed by atoms with E-state index in [4.69, 9.17) is 4.84 Å². The lowest BCUT2D eigenvalue weighted by Crippen LogP contribution is -2.18. The fourth-order valence-electron chi connectivity index (χ4n) is 3.21. The Bertz CT molecular complexity index is 1040. The second-order valence-electron chi connectivity index (χ2n) is 6.08.